The van der Waals surface area contributed by atoms with E-state index in [1.54, 1.807) is 17.8 Å². The molecular weight excluding hydrogens is 357 g/mol. The number of aromatic nitrogens is 3. The van der Waals surface area contributed by atoms with Gasteiger partial charge in [0.25, 0.3) is 5.91 Å². The van der Waals surface area contributed by atoms with Crippen molar-refractivity contribution in [2.24, 2.45) is 5.92 Å². The number of halogens is 1. The Hall–Kier alpha value is -2.81. The third-order valence-corrected chi connectivity index (χ3v) is 4.40. The fourth-order valence-corrected chi connectivity index (χ4v) is 3.09. The van der Waals surface area contributed by atoms with Gasteiger partial charge >= 0.3 is 0 Å². The largest absolute Gasteiger partial charge is 0.338 e. The number of nitrogens with one attached hydrogen (secondary N) is 2. The molecule has 0 radical (unpaired) electrons. The molecule has 1 unspecified atom stereocenters. The molecule has 26 heavy (non-hydrogen) atoms. The van der Waals surface area contributed by atoms with E-state index in [1.165, 1.54) is 34.1 Å². The van der Waals surface area contributed by atoms with Crippen molar-refractivity contribution in [3.8, 4) is 0 Å². The van der Waals surface area contributed by atoms with E-state index >= 15 is 0 Å². The maximum Gasteiger partial charge on any atom is 0.288 e. The Morgan fingerprint density at radius 1 is 1.35 bits per heavy atom. The second-order valence-corrected chi connectivity index (χ2v) is 7.07. The molecule has 3 heterocycles. The fourth-order valence-electron chi connectivity index (χ4n) is 2.56. The Bertz CT molecular complexity index is 923. The van der Waals surface area contributed by atoms with Gasteiger partial charge in [-0.05, 0) is 24.5 Å². The van der Waals surface area contributed by atoms with Crippen molar-refractivity contribution in [1.29, 1.82) is 0 Å². The zero-order chi connectivity index (χ0) is 18.7. The summed E-state index contributed by atoms with van der Waals surface area (Å²) < 4.78 is 15.1. The van der Waals surface area contributed by atoms with Crippen LogP contribution in [0.15, 0.2) is 36.1 Å². The van der Waals surface area contributed by atoms with E-state index in [0.29, 0.717) is 11.6 Å². The number of pyridine rings is 1. The minimum atomic E-state index is -0.757. The molecule has 0 spiro atoms. The lowest BCUT2D eigenvalue weighted by molar-refractivity contribution is -0.118. The highest BCUT2D eigenvalue weighted by Crippen LogP contribution is 2.14. The van der Waals surface area contributed by atoms with Crippen LogP contribution in [0, 0.1) is 11.7 Å². The molecular formula is C17H18FN5O2S. The topological polar surface area (TPSA) is 88.4 Å². The van der Waals surface area contributed by atoms with Crippen molar-refractivity contribution in [2.45, 2.75) is 26.3 Å². The number of anilines is 1. The molecule has 0 saturated heterocycles. The van der Waals surface area contributed by atoms with Gasteiger partial charge in [-0.25, -0.2) is 14.4 Å². The van der Waals surface area contributed by atoms with Gasteiger partial charge in [-0.1, -0.05) is 13.8 Å². The van der Waals surface area contributed by atoms with Gasteiger partial charge in [0.1, 0.15) is 17.4 Å². The van der Waals surface area contributed by atoms with Crippen molar-refractivity contribution >= 4 is 33.8 Å². The zero-order valence-corrected chi connectivity index (χ0v) is 15.1. The van der Waals surface area contributed by atoms with E-state index in [0.717, 1.165) is 0 Å². The molecule has 1 atom stereocenters. The maximum atomic E-state index is 13.8. The maximum absolute atomic E-state index is 13.8. The lowest BCUT2D eigenvalue weighted by Gasteiger charge is -2.19. The number of thiazole rings is 1. The standard InChI is InChI=1S/C17H18FN5O2S/c1-10(2)8-12(15(24)22-17-19-5-7-26-17)21-16(25)14-20-9-13-11(18)4-3-6-23(13)14/h3-7,9-10,12H,8H2,1-2H3,(H,21,25)(H,19,22,24). The highest BCUT2D eigenvalue weighted by Gasteiger charge is 2.25. The third kappa shape index (κ3) is 3.88. The van der Waals surface area contributed by atoms with E-state index in [4.69, 9.17) is 0 Å². The predicted molar refractivity (Wildman–Crippen MR) is 96.6 cm³/mol. The number of hydrogen-bond donors (Lipinski definition) is 2. The van der Waals surface area contributed by atoms with E-state index in [2.05, 4.69) is 20.6 Å². The van der Waals surface area contributed by atoms with Gasteiger partial charge in [-0.15, -0.1) is 11.3 Å². The summed E-state index contributed by atoms with van der Waals surface area (Å²) in [4.78, 5) is 33.1. The summed E-state index contributed by atoms with van der Waals surface area (Å²) in [7, 11) is 0. The van der Waals surface area contributed by atoms with Crippen LogP contribution in [0.2, 0.25) is 0 Å². The Balaban J connectivity index is 1.80. The summed E-state index contributed by atoms with van der Waals surface area (Å²) in [6.45, 7) is 3.91. The summed E-state index contributed by atoms with van der Waals surface area (Å²) in [5.74, 6) is -1.17. The van der Waals surface area contributed by atoms with Gasteiger partial charge in [0, 0.05) is 17.8 Å². The Kier molecular flexibility index (Phi) is 5.27. The van der Waals surface area contributed by atoms with Crippen LogP contribution < -0.4 is 10.6 Å². The van der Waals surface area contributed by atoms with Crippen molar-refractivity contribution < 1.29 is 14.0 Å². The molecule has 2 amide bonds. The number of carbonyl (C=O) groups is 2. The second-order valence-electron chi connectivity index (χ2n) is 6.18. The SMILES string of the molecule is CC(C)CC(NC(=O)c1ncc2c(F)cccn12)C(=O)Nc1nccs1. The number of hydrogen-bond acceptors (Lipinski definition) is 5. The molecule has 0 saturated carbocycles. The predicted octanol–water partition coefficient (Wildman–Crippen LogP) is 2.71. The number of rotatable bonds is 6. The first-order chi connectivity index (χ1) is 12.5. The molecule has 3 rings (SSSR count). The van der Waals surface area contributed by atoms with Crippen LogP contribution in [0.25, 0.3) is 5.52 Å². The number of fused-ring (bicyclic) bond motifs is 1. The average Bonchev–Trinajstić information content (AvgIpc) is 3.23. The lowest BCUT2D eigenvalue weighted by Crippen LogP contribution is -2.45. The van der Waals surface area contributed by atoms with Crippen molar-refractivity contribution in [1.82, 2.24) is 19.7 Å². The molecule has 7 nitrogen and oxygen atoms in total. The third-order valence-electron chi connectivity index (χ3n) is 3.71. The van der Waals surface area contributed by atoms with Crippen molar-refractivity contribution in [2.75, 3.05) is 5.32 Å². The molecule has 3 aromatic rings. The molecule has 3 aromatic heterocycles. The highest BCUT2D eigenvalue weighted by molar-refractivity contribution is 7.13. The lowest BCUT2D eigenvalue weighted by atomic mass is 10.0. The van der Waals surface area contributed by atoms with E-state index in [1.807, 2.05) is 13.8 Å². The first kappa shape index (κ1) is 18.0. The van der Waals surface area contributed by atoms with E-state index < -0.39 is 17.8 Å². The van der Waals surface area contributed by atoms with Gasteiger partial charge < -0.3 is 10.6 Å². The van der Waals surface area contributed by atoms with Crippen LogP contribution in [0.4, 0.5) is 9.52 Å². The van der Waals surface area contributed by atoms with Crippen LogP contribution in [-0.4, -0.2) is 32.2 Å². The smallest absolute Gasteiger partial charge is 0.288 e. The molecule has 0 aliphatic carbocycles. The van der Waals surface area contributed by atoms with E-state index in [9.17, 15) is 14.0 Å². The van der Waals surface area contributed by atoms with Gasteiger partial charge in [0.2, 0.25) is 11.7 Å². The molecule has 9 heteroatoms. The Labute approximate surface area is 153 Å². The molecule has 0 fully saturated rings. The molecule has 136 valence electrons. The summed E-state index contributed by atoms with van der Waals surface area (Å²) in [5.41, 5.74) is 0.199. The summed E-state index contributed by atoms with van der Waals surface area (Å²) in [6, 6.07) is 2.02. The van der Waals surface area contributed by atoms with Crippen LogP contribution >= 0.6 is 11.3 Å². The van der Waals surface area contributed by atoms with Crippen LogP contribution in [0.3, 0.4) is 0 Å². The highest BCUT2D eigenvalue weighted by atomic mass is 32.1. The monoisotopic (exact) mass is 375 g/mol. The van der Waals surface area contributed by atoms with E-state index in [-0.39, 0.29) is 23.2 Å². The molecule has 0 bridgehead atoms. The molecule has 2 N–H and O–H groups in total. The van der Waals surface area contributed by atoms with Gasteiger partial charge in [0.05, 0.1) is 6.20 Å². The van der Waals surface area contributed by atoms with Crippen molar-refractivity contribution in [3.63, 3.8) is 0 Å². The van der Waals surface area contributed by atoms with Gasteiger partial charge in [-0.3, -0.25) is 14.0 Å². The minimum absolute atomic E-state index is 0.0234. The average molecular weight is 375 g/mol. The van der Waals surface area contributed by atoms with Crippen LogP contribution in [-0.2, 0) is 4.79 Å². The molecule has 0 aliphatic heterocycles. The number of nitrogens with zero attached hydrogens (tertiary/aromatic N) is 3. The first-order valence-corrected chi connectivity index (χ1v) is 8.96. The number of amides is 2. The summed E-state index contributed by atoms with van der Waals surface area (Å²) in [6.07, 6.45) is 4.87. The Morgan fingerprint density at radius 3 is 2.85 bits per heavy atom. The van der Waals surface area contributed by atoms with Crippen molar-refractivity contribution in [3.05, 3.63) is 47.7 Å². The summed E-state index contributed by atoms with van der Waals surface area (Å²) in [5, 5.41) is 7.60. The molecule has 0 aromatic carbocycles. The minimum Gasteiger partial charge on any atom is -0.338 e. The quantitative estimate of drug-likeness (QED) is 0.693. The van der Waals surface area contributed by atoms with Gasteiger partial charge in [-0.2, -0.15) is 0 Å². The normalized spacial score (nSPS) is 12.3. The number of carbonyl (C=O) groups excluding carboxylic acids is 2. The zero-order valence-electron chi connectivity index (χ0n) is 14.3. The first-order valence-electron chi connectivity index (χ1n) is 8.08. The van der Waals surface area contributed by atoms with Crippen LogP contribution in [0.1, 0.15) is 30.9 Å². The fraction of sp³-hybridized carbons (Fsp3) is 0.294. The van der Waals surface area contributed by atoms with Gasteiger partial charge in [0.15, 0.2) is 5.13 Å². The Morgan fingerprint density at radius 2 is 2.15 bits per heavy atom. The second kappa shape index (κ2) is 7.61. The molecule has 0 aliphatic rings. The van der Waals surface area contributed by atoms with Crippen LogP contribution in [0.5, 0.6) is 0 Å². The number of imidazole rings is 1. The summed E-state index contributed by atoms with van der Waals surface area (Å²) >= 11 is 1.29.